The van der Waals surface area contributed by atoms with Crippen LogP contribution < -0.4 is 9.47 Å². The Morgan fingerprint density at radius 1 is 1.20 bits per heavy atom. The Morgan fingerprint density at radius 3 is 2.20 bits per heavy atom. The van der Waals surface area contributed by atoms with Crippen molar-refractivity contribution in [3.05, 3.63) is 23.3 Å². The summed E-state index contributed by atoms with van der Waals surface area (Å²) in [6.45, 7) is 4.23. The molecule has 1 atom stereocenters. The van der Waals surface area contributed by atoms with Crippen LogP contribution in [0.5, 0.6) is 11.5 Å². The number of benzene rings is 1. The summed E-state index contributed by atoms with van der Waals surface area (Å²) in [5.41, 5.74) is 2.48. The first kappa shape index (κ1) is 12.4. The molecule has 15 heavy (non-hydrogen) atoms. The molecule has 0 radical (unpaired) electrons. The smallest absolute Gasteiger partial charge is 0.161 e. The summed E-state index contributed by atoms with van der Waals surface area (Å²) in [4.78, 5) is 0.373. The minimum Gasteiger partial charge on any atom is -0.493 e. The molecular formula is C12H17BrO2. The molecule has 0 amide bonds. The van der Waals surface area contributed by atoms with Gasteiger partial charge < -0.3 is 9.47 Å². The van der Waals surface area contributed by atoms with Crippen molar-refractivity contribution in [1.82, 2.24) is 0 Å². The molecule has 2 nitrogen and oxygen atoms in total. The average molecular weight is 273 g/mol. The zero-order chi connectivity index (χ0) is 11.4. The maximum atomic E-state index is 5.28. The van der Waals surface area contributed by atoms with Crippen LogP contribution in [0.15, 0.2) is 12.1 Å². The van der Waals surface area contributed by atoms with Gasteiger partial charge in [0.15, 0.2) is 11.5 Å². The van der Waals surface area contributed by atoms with Crippen LogP contribution in [-0.4, -0.2) is 14.2 Å². The fourth-order valence-corrected chi connectivity index (χ4v) is 2.05. The fraction of sp³-hybridized carbons (Fsp3) is 0.500. The quantitative estimate of drug-likeness (QED) is 0.775. The summed E-state index contributed by atoms with van der Waals surface area (Å²) in [7, 11) is 3.31. The van der Waals surface area contributed by atoms with Gasteiger partial charge in [-0.3, -0.25) is 0 Å². The lowest BCUT2D eigenvalue weighted by molar-refractivity contribution is 0.354. The predicted molar refractivity (Wildman–Crippen MR) is 66.2 cm³/mol. The number of alkyl halides is 1. The molecule has 0 aromatic heterocycles. The van der Waals surface area contributed by atoms with Crippen LogP contribution in [0, 0.1) is 6.92 Å². The zero-order valence-electron chi connectivity index (χ0n) is 9.63. The van der Waals surface area contributed by atoms with Crippen LogP contribution in [0.3, 0.4) is 0 Å². The fourth-order valence-electron chi connectivity index (χ4n) is 1.55. The van der Waals surface area contributed by atoms with Crippen LogP contribution in [0.1, 0.15) is 29.3 Å². The number of aryl methyl sites for hydroxylation is 1. The summed E-state index contributed by atoms with van der Waals surface area (Å²) in [5.74, 6) is 1.57. The number of ether oxygens (including phenoxy) is 2. The van der Waals surface area contributed by atoms with Gasteiger partial charge in [0.25, 0.3) is 0 Å². The van der Waals surface area contributed by atoms with Gasteiger partial charge in [-0.25, -0.2) is 0 Å². The lowest BCUT2D eigenvalue weighted by Gasteiger charge is -2.15. The summed E-state index contributed by atoms with van der Waals surface area (Å²) >= 11 is 3.65. The monoisotopic (exact) mass is 272 g/mol. The van der Waals surface area contributed by atoms with Gasteiger partial charge in [0.05, 0.1) is 14.2 Å². The third-order valence-corrected chi connectivity index (χ3v) is 3.61. The molecule has 0 saturated heterocycles. The summed E-state index contributed by atoms with van der Waals surface area (Å²) in [5, 5.41) is 0. The van der Waals surface area contributed by atoms with Gasteiger partial charge >= 0.3 is 0 Å². The lowest BCUT2D eigenvalue weighted by Crippen LogP contribution is -1.97. The Bertz CT molecular complexity index is 337. The Labute approximate surface area is 99.7 Å². The minimum atomic E-state index is 0.373. The van der Waals surface area contributed by atoms with E-state index in [9.17, 15) is 0 Å². The third kappa shape index (κ3) is 2.65. The highest BCUT2D eigenvalue weighted by atomic mass is 79.9. The number of rotatable bonds is 4. The van der Waals surface area contributed by atoms with Crippen molar-refractivity contribution in [2.45, 2.75) is 25.1 Å². The predicted octanol–water partition coefficient (Wildman–Crippen LogP) is 3.86. The first-order chi connectivity index (χ1) is 7.13. The van der Waals surface area contributed by atoms with Crippen molar-refractivity contribution in [3.8, 4) is 11.5 Å². The molecule has 1 aromatic carbocycles. The summed E-state index contributed by atoms with van der Waals surface area (Å²) in [6.07, 6.45) is 1.05. The Morgan fingerprint density at radius 2 is 1.73 bits per heavy atom. The molecule has 0 bridgehead atoms. The van der Waals surface area contributed by atoms with E-state index in [-0.39, 0.29) is 0 Å². The lowest BCUT2D eigenvalue weighted by atomic mass is 10.0. The first-order valence-electron chi connectivity index (χ1n) is 5.00. The summed E-state index contributed by atoms with van der Waals surface area (Å²) in [6, 6.07) is 4.05. The van der Waals surface area contributed by atoms with Crippen LogP contribution in [-0.2, 0) is 0 Å². The van der Waals surface area contributed by atoms with E-state index in [1.165, 1.54) is 11.1 Å². The number of hydrogen-bond donors (Lipinski definition) is 0. The molecule has 0 spiro atoms. The third-order valence-electron chi connectivity index (χ3n) is 2.47. The van der Waals surface area contributed by atoms with Crippen LogP contribution in [0.2, 0.25) is 0 Å². The standard InChI is InChI=1S/C12H17BrO2/c1-5-10(13)9-7-12(15-4)11(14-3)6-8(9)2/h6-7,10H,5H2,1-4H3. The highest BCUT2D eigenvalue weighted by Gasteiger charge is 2.13. The van der Waals surface area contributed by atoms with Gasteiger partial charge in [0.1, 0.15) is 0 Å². The van der Waals surface area contributed by atoms with Gasteiger partial charge in [-0.1, -0.05) is 22.9 Å². The second-order valence-corrected chi connectivity index (χ2v) is 4.54. The maximum absolute atomic E-state index is 5.28. The average Bonchev–Trinajstić information content (AvgIpc) is 2.27. The first-order valence-corrected chi connectivity index (χ1v) is 5.92. The van der Waals surface area contributed by atoms with Crippen molar-refractivity contribution in [2.75, 3.05) is 14.2 Å². The Hall–Kier alpha value is -0.700. The van der Waals surface area contributed by atoms with Crippen molar-refractivity contribution in [3.63, 3.8) is 0 Å². The Kier molecular flexibility index (Phi) is 4.45. The molecule has 1 unspecified atom stereocenters. The molecule has 84 valence electrons. The second-order valence-electron chi connectivity index (χ2n) is 3.44. The van der Waals surface area contributed by atoms with E-state index < -0.39 is 0 Å². The van der Waals surface area contributed by atoms with Crippen molar-refractivity contribution >= 4 is 15.9 Å². The van der Waals surface area contributed by atoms with Crippen molar-refractivity contribution in [1.29, 1.82) is 0 Å². The molecule has 0 N–H and O–H groups in total. The highest BCUT2D eigenvalue weighted by molar-refractivity contribution is 9.09. The molecule has 0 aliphatic rings. The topological polar surface area (TPSA) is 18.5 Å². The highest BCUT2D eigenvalue weighted by Crippen LogP contribution is 2.36. The van der Waals surface area contributed by atoms with E-state index in [4.69, 9.17) is 9.47 Å². The van der Waals surface area contributed by atoms with E-state index in [1.54, 1.807) is 14.2 Å². The number of halogens is 1. The summed E-state index contributed by atoms with van der Waals surface area (Å²) < 4.78 is 10.5. The molecule has 0 aliphatic heterocycles. The van der Waals surface area contributed by atoms with Crippen LogP contribution in [0.4, 0.5) is 0 Å². The number of hydrogen-bond acceptors (Lipinski definition) is 2. The molecule has 3 heteroatoms. The minimum absolute atomic E-state index is 0.373. The van der Waals surface area contributed by atoms with Gasteiger partial charge in [-0.2, -0.15) is 0 Å². The molecule has 1 rings (SSSR count). The molecule has 0 fully saturated rings. The van der Waals surface area contributed by atoms with Crippen LogP contribution >= 0.6 is 15.9 Å². The van der Waals surface area contributed by atoms with Gasteiger partial charge in [0.2, 0.25) is 0 Å². The van der Waals surface area contributed by atoms with Crippen molar-refractivity contribution < 1.29 is 9.47 Å². The SMILES string of the molecule is CCC(Br)c1cc(OC)c(OC)cc1C. The number of methoxy groups -OCH3 is 2. The van der Waals surface area contributed by atoms with E-state index >= 15 is 0 Å². The van der Waals surface area contributed by atoms with E-state index in [1.807, 2.05) is 12.1 Å². The molecule has 0 aliphatic carbocycles. The largest absolute Gasteiger partial charge is 0.493 e. The van der Waals surface area contributed by atoms with E-state index in [2.05, 4.69) is 29.8 Å². The van der Waals surface area contributed by atoms with Gasteiger partial charge in [-0.05, 0) is 36.6 Å². The van der Waals surface area contributed by atoms with E-state index in [0.29, 0.717) is 4.83 Å². The maximum Gasteiger partial charge on any atom is 0.161 e. The van der Waals surface area contributed by atoms with Crippen LogP contribution in [0.25, 0.3) is 0 Å². The molecule has 1 aromatic rings. The Balaban J connectivity index is 3.19. The van der Waals surface area contributed by atoms with Gasteiger partial charge in [-0.15, -0.1) is 0 Å². The van der Waals surface area contributed by atoms with E-state index in [0.717, 1.165) is 17.9 Å². The zero-order valence-corrected chi connectivity index (χ0v) is 11.2. The normalized spacial score (nSPS) is 12.3. The molecule has 0 saturated carbocycles. The molecular weight excluding hydrogens is 256 g/mol. The second kappa shape index (κ2) is 5.40. The molecule has 0 heterocycles. The van der Waals surface area contributed by atoms with Gasteiger partial charge in [0, 0.05) is 4.83 Å². The van der Waals surface area contributed by atoms with Crippen molar-refractivity contribution in [2.24, 2.45) is 0 Å².